The summed E-state index contributed by atoms with van der Waals surface area (Å²) in [5.74, 6) is -0.465. The highest BCUT2D eigenvalue weighted by Gasteiger charge is 2.24. The monoisotopic (exact) mass is 381 g/mol. The summed E-state index contributed by atoms with van der Waals surface area (Å²) in [7, 11) is 0. The van der Waals surface area contributed by atoms with Crippen LogP contribution in [0, 0.1) is 19.7 Å². The zero-order valence-electron chi connectivity index (χ0n) is 16.2. The molecule has 1 unspecified atom stereocenters. The van der Waals surface area contributed by atoms with Gasteiger partial charge in [0.05, 0.1) is 11.7 Å². The topological polar surface area (TPSA) is 62.5 Å². The molecule has 3 heterocycles. The van der Waals surface area contributed by atoms with Gasteiger partial charge in [0.2, 0.25) is 0 Å². The summed E-state index contributed by atoms with van der Waals surface area (Å²) in [6.45, 7) is 6.22. The van der Waals surface area contributed by atoms with E-state index in [1.807, 2.05) is 19.9 Å². The van der Waals surface area contributed by atoms with Crippen LogP contribution < -0.4 is 5.32 Å². The zero-order chi connectivity index (χ0) is 19.7. The van der Waals surface area contributed by atoms with Gasteiger partial charge in [0.25, 0.3) is 5.91 Å². The number of carbonyl (C=O) groups is 1. The molecular formula is C21H24FN5O. The second kappa shape index (κ2) is 7.67. The second-order valence-electron chi connectivity index (χ2n) is 7.36. The molecule has 0 saturated carbocycles. The standard InChI is InChI=1S/C21H24FN5O/c1-14-11-20-24-18(12-15(2)27(20)25-14)21(28)23-13-19(26-9-3-4-10-26)16-5-7-17(22)8-6-16/h5-8,11-12,19H,3-4,9-10,13H2,1-2H3,(H,23,28). The van der Waals surface area contributed by atoms with Gasteiger partial charge in [-0.1, -0.05) is 12.1 Å². The third kappa shape index (κ3) is 3.75. The van der Waals surface area contributed by atoms with Crippen molar-refractivity contribution < 1.29 is 9.18 Å². The number of amides is 1. The minimum absolute atomic E-state index is 0.0223. The van der Waals surface area contributed by atoms with E-state index in [1.54, 1.807) is 22.7 Å². The Morgan fingerprint density at radius 3 is 2.61 bits per heavy atom. The van der Waals surface area contributed by atoms with E-state index in [9.17, 15) is 9.18 Å². The van der Waals surface area contributed by atoms with Crippen molar-refractivity contribution in [3.05, 3.63) is 64.9 Å². The fourth-order valence-electron chi connectivity index (χ4n) is 3.83. The molecule has 1 aliphatic rings. The predicted molar refractivity (Wildman–Crippen MR) is 105 cm³/mol. The molecule has 4 rings (SSSR count). The van der Waals surface area contributed by atoms with Gasteiger partial charge in [-0.15, -0.1) is 0 Å². The molecule has 0 spiro atoms. The van der Waals surface area contributed by atoms with Crippen LogP contribution in [0.2, 0.25) is 0 Å². The van der Waals surface area contributed by atoms with Crippen molar-refractivity contribution in [2.45, 2.75) is 32.7 Å². The number of hydrogen-bond acceptors (Lipinski definition) is 4. The molecule has 0 aliphatic carbocycles. The molecule has 1 saturated heterocycles. The van der Waals surface area contributed by atoms with Gasteiger partial charge < -0.3 is 5.32 Å². The van der Waals surface area contributed by atoms with Gasteiger partial charge in [0, 0.05) is 18.3 Å². The van der Waals surface area contributed by atoms with Gasteiger partial charge in [-0.3, -0.25) is 9.69 Å². The maximum atomic E-state index is 13.3. The molecule has 1 N–H and O–H groups in total. The van der Waals surface area contributed by atoms with Crippen LogP contribution in [0.25, 0.3) is 5.65 Å². The number of fused-ring (bicyclic) bond motifs is 1. The summed E-state index contributed by atoms with van der Waals surface area (Å²) >= 11 is 0. The molecule has 6 nitrogen and oxygen atoms in total. The first-order valence-electron chi connectivity index (χ1n) is 9.63. The van der Waals surface area contributed by atoms with Crippen LogP contribution in [0.3, 0.4) is 0 Å². The number of nitrogens with one attached hydrogen (secondary N) is 1. The van der Waals surface area contributed by atoms with Gasteiger partial charge >= 0.3 is 0 Å². The highest BCUT2D eigenvalue weighted by Crippen LogP contribution is 2.25. The Bertz CT molecular complexity index is 992. The second-order valence-corrected chi connectivity index (χ2v) is 7.36. The molecule has 1 fully saturated rings. The molecule has 7 heteroatoms. The molecule has 1 amide bonds. The minimum Gasteiger partial charge on any atom is -0.349 e. The lowest BCUT2D eigenvalue weighted by Gasteiger charge is -2.28. The minimum atomic E-state index is -0.253. The summed E-state index contributed by atoms with van der Waals surface area (Å²) in [5.41, 5.74) is 3.77. The first-order chi connectivity index (χ1) is 13.5. The normalized spacial score (nSPS) is 15.8. The molecule has 1 aromatic carbocycles. The Kier molecular flexibility index (Phi) is 5.09. The lowest BCUT2D eigenvalue weighted by molar-refractivity contribution is 0.0933. The van der Waals surface area contributed by atoms with Gasteiger partial charge in [0.15, 0.2) is 5.65 Å². The lowest BCUT2D eigenvalue weighted by atomic mass is 10.1. The van der Waals surface area contributed by atoms with Crippen LogP contribution in [0.4, 0.5) is 4.39 Å². The summed E-state index contributed by atoms with van der Waals surface area (Å²) in [6, 6.07) is 10.2. The quantitative estimate of drug-likeness (QED) is 0.738. The van der Waals surface area contributed by atoms with E-state index >= 15 is 0 Å². The number of aromatic nitrogens is 3. The summed E-state index contributed by atoms with van der Waals surface area (Å²) < 4.78 is 15.1. The number of likely N-dealkylation sites (tertiary alicyclic amines) is 1. The molecule has 3 aromatic rings. The Hall–Kier alpha value is -2.80. The Labute approximate surface area is 163 Å². The highest BCUT2D eigenvalue weighted by atomic mass is 19.1. The number of benzene rings is 1. The molecular weight excluding hydrogens is 357 g/mol. The van der Waals surface area contributed by atoms with E-state index in [4.69, 9.17) is 0 Å². The van der Waals surface area contributed by atoms with Crippen molar-refractivity contribution in [1.82, 2.24) is 24.8 Å². The fraction of sp³-hybridized carbons (Fsp3) is 0.381. The number of nitrogens with zero attached hydrogens (tertiary/aromatic N) is 4. The summed E-state index contributed by atoms with van der Waals surface area (Å²) in [4.78, 5) is 19.6. The smallest absolute Gasteiger partial charge is 0.270 e. The summed E-state index contributed by atoms with van der Waals surface area (Å²) in [6.07, 6.45) is 2.28. The molecule has 0 bridgehead atoms. The van der Waals surface area contributed by atoms with Gasteiger partial charge in [-0.25, -0.2) is 13.9 Å². The van der Waals surface area contributed by atoms with Crippen LogP contribution in [-0.2, 0) is 0 Å². The maximum Gasteiger partial charge on any atom is 0.270 e. The van der Waals surface area contributed by atoms with Crippen molar-refractivity contribution in [1.29, 1.82) is 0 Å². The number of hydrogen-bond donors (Lipinski definition) is 1. The maximum absolute atomic E-state index is 13.3. The van der Waals surface area contributed by atoms with E-state index in [0.717, 1.165) is 42.9 Å². The number of halogens is 1. The molecule has 1 atom stereocenters. The fourth-order valence-corrected chi connectivity index (χ4v) is 3.83. The van der Waals surface area contributed by atoms with E-state index < -0.39 is 0 Å². The van der Waals surface area contributed by atoms with Crippen LogP contribution in [-0.4, -0.2) is 45.0 Å². The Balaban J connectivity index is 1.53. The van der Waals surface area contributed by atoms with Gasteiger partial charge in [-0.2, -0.15) is 5.10 Å². The van der Waals surface area contributed by atoms with Crippen molar-refractivity contribution >= 4 is 11.6 Å². The van der Waals surface area contributed by atoms with E-state index in [0.29, 0.717) is 17.9 Å². The molecule has 2 aromatic heterocycles. The number of rotatable bonds is 5. The van der Waals surface area contributed by atoms with Crippen LogP contribution in [0.15, 0.2) is 36.4 Å². The zero-order valence-corrected chi connectivity index (χ0v) is 16.2. The lowest BCUT2D eigenvalue weighted by Crippen LogP contribution is -2.37. The molecule has 1 aliphatic heterocycles. The van der Waals surface area contributed by atoms with Crippen molar-refractivity contribution in [3.63, 3.8) is 0 Å². The Morgan fingerprint density at radius 2 is 1.89 bits per heavy atom. The largest absolute Gasteiger partial charge is 0.349 e. The third-order valence-electron chi connectivity index (χ3n) is 5.25. The average molecular weight is 381 g/mol. The Morgan fingerprint density at radius 1 is 1.18 bits per heavy atom. The average Bonchev–Trinajstić information content (AvgIpc) is 3.32. The summed E-state index contributed by atoms with van der Waals surface area (Å²) in [5, 5.41) is 7.39. The molecule has 0 radical (unpaired) electrons. The van der Waals surface area contributed by atoms with Gasteiger partial charge in [0.1, 0.15) is 11.5 Å². The molecule has 146 valence electrons. The van der Waals surface area contributed by atoms with E-state index in [1.165, 1.54) is 12.1 Å². The van der Waals surface area contributed by atoms with Gasteiger partial charge in [-0.05, 0) is 63.5 Å². The van der Waals surface area contributed by atoms with Crippen molar-refractivity contribution in [3.8, 4) is 0 Å². The van der Waals surface area contributed by atoms with Crippen molar-refractivity contribution in [2.75, 3.05) is 19.6 Å². The van der Waals surface area contributed by atoms with E-state index in [-0.39, 0.29) is 17.8 Å². The highest BCUT2D eigenvalue weighted by molar-refractivity contribution is 5.92. The van der Waals surface area contributed by atoms with Crippen LogP contribution >= 0.6 is 0 Å². The van der Waals surface area contributed by atoms with E-state index in [2.05, 4.69) is 20.3 Å². The molecule has 28 heavy (non-hydrogen) atoms. The number of aryl methyl sites for hydroxylation is 2. The predicted octanol–water partition coefficient (Wildman–Crippen LogP) is 3.05. The van der Waals surface area contributed by atoms with Crippen LogP contribution in [0.5, 0.6) is 0 Å². The SMILES string of the molecule is Cc1cc2nc(C(=O)NCC(c3ccc(F)cc3)N3CCCC3)cc(C)n2n1. The third-order valence-corrected chi connectivity index (χ3v) is 5.25. The first-order valence-corrected chi connectivity index (χ1v) is 9.63. The van der Waals surface area contributed by atoms with Crippen molar-refractivity contribution in [2.24, 2.45) is 0 Å². The van der Waals surface area contributed by atoms with Crippen LogP contribution in [0.1, 0.15) is 46.3 Å². The number of carbonyl (C=O) groups excluding carboxylic acids is 1. The first kappa shape index (κ1) is 18.6.